The van der Waals surface area contributed by atoms with Crippen LogP contribution >= 0.6 is 0 Å². The molecule has 35 heavy (non-hydrogen) atoms. The zero-order chi connectivity index (χ0) is 25.3. The smallest absolute Gasteiger partial charge is 0.294 e. The number of carbonyl (C=O) groups is 3. The van der Waals surface area contributed by atoms with Gasteiger partial charge in [-0.3, -0.25) is 19.0 Å². The van der Waals surface area contributed by atoms with Gasteiger partial charge in [0.2, 0.25) is 0 Å². The molecule has 180 valence electrons. The van der Waals surface area contributed by atoms with Crippen LogP contribution in [0, 0.1) is 30.1 Å². The number of benzene rings is 2. The van der Waals surface area contributed by atoms with Gasteiger partial charge < -0.3 is 9.80 Å². The predicted octanol–water partition coefficient (Wildman–Crippen LogP) is 3.78. The average molecular weight is 475 g/mol. The Balaban J connectivity index is 1.56. The number of ketones is 1. The Hall–Kier alpha value is -3.99. The lowest BCUT2D eigenvalue weighted by atomic mass is 9.89. The molecule has 4 rings (SSSR count). The Bertz CT molecular complexity index is 1340. The van der Waals surface area contributed by atoms with E-state index in [1.807, 2.05) is 11.1 Å². The number of likely N-dealkylation sites (N-methyl/N-ethyl adjacent to an activating group) is 1. The van der Waals surface area contributed by atoms with Gasteiger partial charge in [0.1, 0.15) is 5.82 Å². The Morgan fingerprint density at radius 3 is 2.34 bits per heavy atom. The Morgan fingerprint density at radius 1 is 1.09 bits per heavy atom. The van der Waals surface area contributed by atoms with Crippen LogP contribution in [0.1, 0.15) is 44.7 Å². The summed E-state index contributed by atoms with van der Waals surface area (Å²) in [6, 6.07) is 9.89. The second-order valence-corrected chi connectivity index (χ2v) is 9.29. The predicted molar refractivity (Wildman–Crippen MR) is 129 cm³/mol. The molecule has 1 fully saturated rings. The van der Waals surface area contributed by atoms with Crippen LogP contribution in [0.15, 0.2) is 42.6 Å². The Kier molecular flexibility index (Phi) is 6.70. The molecular weight excluding hydrogens is 447 g/mol. The Morgan fingerprint density at radius 2 is 1.74 bits per heavy atom. The summed E-state index contributed by atoms with van der Waals surface area (Å²) in [5.41, 5.74) is 2.82. The fourth-order valence-corrected chi connectivity index (χ4v) is 4.65. The van der Waals surface area contributed by atoms with Crippen LogP contribution in [-0.4, -0.2) is 59.1 Å². The first-order valence-electron chi connectivity index (χ1n) is 11.5. The van der Waals surface area contributed by atoms with Gasteiger partial charge >= 0.3 is 0 Å². The van der Waals surface area contributed by atoms with E-state index < -0.39 is 11.7 Å². The molecule has 0 N–H and O–H groups in total. The van der Waals surface area contributed by atoms with Crippen LogP contribution in [0.2, 0.25) is 0 Å². The topological polar surface area (TPSA) is 86.4 Å². The molecule has 1 aliphatic rings. The summed E-state index contributed by atoms with van der Waals surface area (Å²) in [7, 11) is 2.98. The lowest BCUT2D eigenvalue weighted by molar-refractivity contribution is -0.124. The molecule has 1 aliphatic heterocycles. The highest BCUT2D eigenvalue weighted by Crippen LogP contribution is 2.28. The molecule has 8 heteroatoms. The highest BCUT2D eigenvalue weighted by Gasteiger charge is 2.28. The fourth-order valence-electron chi connectivity index (χ4n) is 4.65. The van der Waals surface area contributed by atoms with Crippen molar-refractivity contribution in [3.05, 3.63) is 70.7 Å². The maximum Gasteiger partial charge on any atom is 0.294 e. The summed E-state index contributed by atoms with van der Waals surface area (Å²) < 4.78 is 14.4. The number of Topliss-reactive ketones (excluding diaryl/α,β-unsaturated/α-hetero) is 1. The minimum absolute atomic E-state index is 0.104. The number of fused-ring (bicyclic) bond motifs is 1. The average Bonchev–Trinajstić information content (AvgIpc) is 3.21. The number of likely N-dealkylation sites (tertiary alicyclic amines) is 1. The van der Waals surface area contributed by atoms with E-state index >= 15 is 0 Å². The van der Waals surface area contributed by atoms with Crippen LogP contribution < -0.4 is 0 Å². The second kappa shape index (κ2) is 9.71. The number of rotatable bonds is 5. The molecule has 2 amide bonds. The first-order chi connectivity index (χ1) is 16.7. The number of hydrogen-bond acceptors (Lipinski definition) is 4. The maximum absolute atomic E-state index is 13.4. The van der Waals surface area contributed by atoms with Crippen LogP contribution in [0.3, 0.4) is 0 Å². The van der Waals surface area contributed by atoms with Crippen molar-refractivity contribution in [3.63, 3.8) is 0 Å². The van der Waals surface area contributed by atoms with Crippen molar-refractivity contribution in [3.8, 4) is 6.19 Å². The monoisotopic (exact) mass is 474 g/mol. The lowest BCUT2D eigenvalue weighted by Crippen LogP contribution is -2.39. The number of nitrogens with zero attached hydrogens (tertiary/aromatic N) is 4. The summed E-state index contributed by atoms with van der Waals surface area (Å²) in [4.78, 5) is 41.5. The van der Waals surface area contributed by atoms with E-state index in [0.717, 1.165) is 24.8 Å². The van der Waals surface area contributed by atoms with Gasteiger partial charge in [-0.25, -0.2) is 4.39 Å². The number of halogens is 1. The van der Waals surface area contributed by atoms with Gasteiger partial charge in [-0.1, -0.05) is 12.1 Å². The van der Waals surface area contributed by atoms with Crippen molar-refractivity contribution < 1.29 is 18.8 Å². The molecular formula is C27H27FN4O3. The van der Waals surface area contributed by atoms with Gasteiger partial charge in [-0.05, 0) is 67.5 Å². The maximum atomic E-state index is 13.4. The summed E-state index contributed by atoms with van der Waals surface area (Å²) in [5, 5.41) is 9.92. The van der Waals surface area contributed by atoms with E-state index in [1.165, 1.54) is 41.9 Å². The second-order valence-electron chi connectivity index (χ2n) is 9.29. The lowest BCUT2D eigenvalue weighted by Gasteiger charge is -2.32. The number of amides is 2. The van der Waals surface area contributed by atoms with Crippen molar-refractivity contribution in [1.29, 1.82) is 5.26 Å². The molecule has 0 unspecified atom stereocenters. The minimum atomic E-state index is -0.724. The minimum Gasteiger partial charge on any atom is -0.342 e. The van der Waals surface area contributed by atoms with Crippen LogP contribution in [0.4, 0.5) is 4.39 Å². The van der Waals surface area contributed by atoms with Gasteiger partial charge in [-0.15, -0.1) is 0 Å². The van der Waals surface area contributed by atoms with Crippen molar-refractivity contribution in [2.45, 2.75) is 26.2 Å². The van der Waals surface area contributed by atoms with Crippen molar-refractivity contribution in [2.24, 2.45) is 5.92 Å². The number of aromatic nitrogens is 1. The molecule has 0 atom stereocenters. The molecule has 0 saturated carbocycles. The number of hydrogen-bond donors (Lipinski definition) is 0. The molecule has 1 saturated heterocycles. The number of nitriles is 1. The summed E-state index contributed by atoms with van der Waals surface area (Å²) in [6.07, 6.45) is 5.89. The van der Waals surface area contributed by atoms with E-state index in [9.17, 15) is 24.0 Å². The summed E-state index contributed by atoms with van der Waals surface area (Å²) in [5.74, 6) is -1.38. The van der Waals surface area contributed by atoms with Crippen LogP contribution in [0.25, 0.3) is 10.9 Å². The first-order valence-corrected chi connectivity index (χ1v) is 11.5. The molecule has 3 aromatic rings. The fraction of sp³-hybridized carbons (Fsp3) is 0.333. The standard InChI is InChI=1S/C27H27FN4O3/c1-17-12-24-22(23(15-32(24)16-29)25(33)27(35)30(2)3)14-21(17)26(34)31-10-8-19(9-11-31)13-18-4-6-20(28)7-5-18/h4-7,12,14-15,19H,8-11,13H2,1-3H3. The summed E-state index contributed by atoms with van der Waals surface area (Å²) >= 11 is 0. The third kappa shape index (κ3) is 4.80. The SMILES string of the molecule is Cc1cc2c(cc1C(=O)N1CCC(Cc3ccc(F)cc3)CC1)c(C(=O)C(=O)N(C)C)cn2C#N. The van der Waals surface area contributed by atoms with E-state index in [0.29, 0.717) is 41.0 Å². The molecule has 0 bridgehead atoms. The van der Waals surface area contributed by atoms with Crippen LogP contribution in [0.5, 0.6) is 0 Å². The molecule has 0 spiro atoms. The van der Waals surface area contributed by atoms with Crippen molar-refractivity contribution in [2.75, 3.05) is 27.2 Å². The highest BCUT2D eigenvalue weighted by atomic mass is 19.1. The number of piperidine rings is 1. The summed E-state index contributed by atoms with van der Waals surface area (Å²) in [6.45, 7) is 3.01. The first kappa shape index (κ1) is 24.1. The Labute approximate surface area is 203 Å². The van der Waals surface area contributed by atoms with Crippen molar-refractivity contribution in [1.82, 2.24) is 14.4 Å². The van der Waals surface area contributed by atoms with Gasteiger partial charge in [0, 0.05) is 44.3 Å². The van der Waals surface area contributed by atoms with Gasteiger partial charge in [0.25, 0.3) is 17.6 Å². The normalized spacial score (nSPS) is 14.1. The van der Waals surface area contributed by atoms with E-state index in [2.05, 4.69) is 0 Å². The number of aryl methyl sites for hydroxylation is 1. The van der Waals surface area contributed by atoms with E-state index in [4.69, 9.17) is 0 Å². The van der Waals surface area contributed by atoms with Gasteiger partial charge in [-0.2, -0.15) is 5.26 Å². The molecule has 2 aromatic carbocycles. The van der Waals surface area contributed by atoms with Gasteiger partial charge in [0.15, 0.2) is 6.19 Å². The highest BCUT2D eigenvalue weighted by molar-refractivity contribution is 6.44. The zero-order valence-electron chi connectivity index (χ0n) is 20.0. The quantitative estimate of drug-likeness (QED) is 0.416. The zero-order valence-corrected chi connectivity index (χ0v) is 20.0. The largest absolute Gasteiger partial charge is 0.342 e. The third-order valence-corrected chi connectivity index (χ3v) is 6.67. The van der Waals surface area contributed by atoms with E-state index in [-0.39, 0.29) is 17.3 Å². The van der Waals surface area contributed by atoms with Crippen LogP contribution in [-0.2, 0) is 11.2 Å². The molecule has 0 radical (unpaired) electrons. The molecule has 2 heterocycles. The number of carbonyl (C=O) groups excluding carboxylic acids is 3. The van der Waals surface area contributed by atoms with Crippen molar-refractivity contribution >= 4 is 28.5 Å². The van der Waals surface area contributed by atoms with E-state index in [1.54, 1.807) is 31.2 Å². The third-order valence-electron chi connectivity index (χ3n) is 6.67. The van der Waals surface area contributed by atoms with Gasteiger partial charge in [0.05, 0.1) is 11.1 Å². The molecule has 1 aromatic heterocycles. The molecule has 0 aliphatic carbocycles. The molecule has 7 nitrogen and oxygen atoms in total.